The van der Waals surface area contributed by atoms with E-state index in [0.29, 0.717) is 24.0 Å². The highest BCUT2D eigenvalue weighted by atomic mass is 16.5. The van der Waals surface area contributed by atoms with Crippen molar-refractivity contribution in [2.75, 3.05) is 13.2 Å². The minimum Gasteiger partial charge on any atom is -0.462 e. The summed E-state index contributed by atoms with van der Waals surface area (Å²) in [5.41, 5.74) is 0.652. The van der Waals surface area contributed by atoms with Gasteiger partial charge in [-0.2, -0.15) is 0 Å². The molecule has 0 saturated carbocycles. The Morgan fingerprint density at radius 1 is 0.950 bits per heavy atom. The van der Waals surface area contributed by atoms with E-state index in [-0.39, 0.29) is 13.2 Å². The average Bonchev–Trinajstić information content (AvgIpc) is 2.47. The van der Waals surface area contributed by atoms with E-state index in [1.165, 1.54) is 6.07 Å². The van der Waals surface area contributed by atoms with E-state index in [2.05, 4.69) is 13.2 Å². The summed E-state index contributed by atoms with van der Waals surface area (Å²) in [6, 6.07) is 6.27. The lowest BCUT2D eigenvalue weighted by Crippen LogP contribution is -2.10. The van der Waals surface area contributed by atoms with Crippen LogP contribution in [-0.4, -0.2) is 25.2 Å². The van der Waals surface area contributed by atoms with Crippen LogP contribution >= 0.6 is 0 Å². The third-order valence-corrected chi connectivity index (χ3v) is 2.44. The molecule has 0 aliphatic heterocycles. The average molecular weight is 274 g/mol. The molecule has 4 heteroatoms. The monoisotopic (exact) mass is 274 g/mol. The molecule has 20 heavy (non-hydrogen) atoms. The van der Waals surface area contributed by atoms with Gasteiger partial charge >= 0.3 is 11.9 Å². The van der Waals surface area contributed by atoms with Gasteiger partial charge < -0.3 is 9.47 Å². The van der Waals surface area contributed by atoms with Crippen molar-refractivity contribution in [3.05, 3.63) is 60.7 Å². The minimum absolute atomic E-state index is 0.274. The molecule has 1 aromatic carbocycles. The van der Waals surface area contributed by atoms with E-state index in [9.17, 15) is 9.59 Å². The highest BCUT2D eigenvalue weighted by Crippen LogP contribution is 2.09. The van der Waals surface area contributed by atoms with E-state index in [0.717, 1.165) is 0 Å². The van der Waals surface area contributed by atoms with Gasteiger partial charge in [-0.3, -0.25) is 0 Å². The van der Waals surface area contributed by atoms with Gasteiger partial charge in [0, 0.05) is 0 Å². The van der Waals surface area contributed by atoms with Gasteiger partial charge in [-0.25, -0.2) is 9.59 Å². The molecule has 0 atom stereocenters. The lowest BCUT2D eigenvalue weighted by molar-refractivity contribution is 0.0510. The van der Waals surface area contributed by atoms with Crippen molar-refractivity contribution in [3.8, 4) is 0 Å². The SMILES string of the molecule is C=CCCOC(=O)c1cccc(C(=O)OCCC=C)c1. The molecule has 0 heterocycles. The maximum absolute atomic E-state index is 11.7. The van der Waals surface area contributed by atoms with Gasteiger partial charge in [0.2, 0.25) is 0 Å². The summed E-state index contributed by atoms with van der Waals surface area (Å²) in [4.78, 5) is 23.5. The highest BCUT2D eigenvalue weighted by molar-refractivity contribution is 5.95. The van der Waals surface area contributed by atoms with Crippen LogP contribution in [0.3, 0.4) is 0 Å². The normalized spacial score (nSPS) is 9.60. The second-order valence-electron chi connectivity index (χ2n) is 4.01. The molecule has 1 rings (SSSR count). The highest BCUT2D eigenvalue weighted by Gasteiger charge is 2.12. The summed E-state index contributed by atoms with van der Waals surface area (Å²) < 4.78 is 10.1. The lowest BCUT2D eigenvalue weighted by atomic mass is 10.1. The number of esters is 2. The number of hydrogen-bond acceptors (Lipinski definition) is 4. The van der Waals surface area contributed by atoms with Gasteiger partial charge in [0.1, 0.15) is 0 Å². The molecule has 0 unspecified atom stereocenters. The second kappa shape index (κ2) is 8.69. The lowest BCUT2D eigenvalue weighted by Gasteiger charge is -2.06. The van der Waals surface area contributed by atoms with E-state index >= 15 is 0 Å². The molecule has 0 saturated heterocycles. The summed E-state index contributed by atoms with van der Waals surface area (Å²) in [6.45, 7) is 7.64. The Hall–Kier alpha value is -2.36. The second-order valence-corrected chi connectivity index (χ2v) is 4.01. The van der Waals surface area contributed by atoms with Crippen molar-refractivity contribution < 1.29 is 19.1 Å². The van der Waals surface area contributed by atoms with Crippen LogP contribution in [0.25, 0.3) is 0 Å². The summed E-state index contributed by atoms with van der Waals surface area (Å²) in [5.74, 6) is -0.930. The smallest absolute Gasteiger partial charge is 0.338 e. The number of carbonyl (C=O) groups is 2. The molecule has 0 aromatic heterocycles. The first-order valence-corrected chi connectivity index (χ1v) is 6.35. The van der Waals surface area contributed by atoms with E-state index in [1.54, 1.807) is 30.4 Å². The Morgan fingerprint density at radius 3 is 1.80 bits per heavy atom. The molecular formula is C16H18O4. The summed E-state index contributed by atoms with van der Waals surface area (Å²) >= 11 is 0. The van der Waals surface area contributed by atoms with Crippen molar-refractivity contribution in [2.24, 2.45) is 0 Å². The predicted molar refractivity (Wildman–Crippen MR) is 76.6 cm³/mol. The van der Waals surface area contributed by atoms with Gasteiger partial charge in [-0.15, -0.1) is 13.2 Å². The van der Waals surface area contributed by atoms with Gasteiger partial charge in [0.25, 0.3) is 0 Å². The predicted octanol–water partition coefficient (Wildman–Crippen LogP) is 3.15. The molecule has 0 spiro atoms. The van der Waals surface area contributed by atoms with E-state index in [1.807, 2.05) is 0 Å². The van der Waals surface area contributed by atoms with Crippen LogP contribution in [0, 0.1) is 0 Å². The summed E-state index contributed by atoms with van der Waals surface area (Å²) in [7, 11) is 0. The molecule has 0 aliphatic carbocycles. The first-order valence-electron chi connectivity index (χ1n) is 6.35. The van der Waals surface area contributed by atoms with Crippen LogP contribution in [0.4, 0.5) is 0 Å². The molecule has 0 bridgehead atoms. The Labute approximate surface area is 118 Å². The zero-order valence-corrected chi connectivity index (χ0v) is 11.3. The molecule has 0 amide bonds. The zero-order valence-electron chi connectivity index (χ0n) is 11.3. The Balaban J connectivity index is 2.64. The third kappa shape index (κ3) is 5.10. The van der Waals surface area contributed by atoms with Crippen LogP contribution in [0.5, 0.6) is 0 Å². The van der Waals surface area contributed by atoms with Crippen LogP contribution in [0.2, 0.25) is 0 Å². The molecule has 1 aromatic rings. The maximum atomic E-state index is 11.7. The molecule has 4 nitrogen and oxygen atoms in total. The van der Waals surface area contributed by atoms with Crippen molar-refractivity contribution in [2.45, 2.75) is 12.8 Å². The van der Waals surface area contributed by atoms with Crippen molar-refractivity contribution in [1.82, 2.24) is 0 Å². The fraction of sp³-hybridized carbons (Fsp3) is 0.250. The number of carbonyl (C=O) groups excluding carboxylic acids is 2. The van der Waals surface area contributed by atoms with Crippen molar-refractivity contribution in [1.29, 1.82) is 0 Å². The van der Waals surface area contributed by atoms with E-state index < -0.39 is 11.9 Å². The van der Waals surface area contributed by atoms with Gasteiger partial charge in [-0.1, -0.05) is 18.2 Å². The largest absolute Gasteiger partial charge is 0.462 e. The fourth-order valence-corrected chi connectivity index (χ4v) is 1.41. The number of benzene rings is 1. The molecule has 0 N–H and O–H groups in total. The van der Waals surface area contributed by atoms with E-state index in [4.69, 9.17) is 9.47 Å². The number of rotatable bonds is 8. The standard InChI is InChI=1S/C16H18O4/c1-3-5-10-19-15(17)13-8-7-9-14(12-13)16(18)20-11-6-4-2/h3-4,7-9,12H,1-2,5-6,10-11H2. The van der Waals surface area contributed by atoms with Gasteiger partial charge in [-0.05, 0) is 31.0 Å². The van der Waals surface area contributed by atoms with Crippen LogP contribution < -0.4 is 0 Å². The zero-order chi connectivity index (χ0) is 14.8. The summed E-state index contributed by atoms with van der Waals surface area (Å²) in [6.07, 6.45) is 4.52. The Morgan fingerprint density at radius 2 is 1.40 bits per heavy atom. The molecule has 0 aliphatic rings. The molecule has 0 radical (unpaired) electrons. The third-order valence-electron chi connectivity index (χ3n) is 2.44. The minimum atomic E-state index is -0.465. The fourth-order valence-electron chi connectivity index (χ4n) is 1.41. The maximum Gasteiger partial charge on any atom is 0.338 e. The van der Waals surface area contributed by atoms with Crippen LogP contribution in [0.15, 0.2) is 49.6 Å². The number of hydrogen-bond donors (Lipinski definition) is 0. The Kier molecular flexibility index (Phi) is 6.82. The Bertz CT molecular complexity index is 450. The van der Waals surface area contributed by atoms with Crippen molar-refractivity contribution in [3.63, 3.8) is 0 Å². The topological polar surface area (TPSA) is 52.6 Å². The van der Waals surface area contributed by atoms with Gasteiger partial charge in [0.05, 0.1) is 24.3 Å². The molecular weight excluding hydrogens is 256 g/mol. The first kappa shape index (κ1) is 15.7. The van der Waals surface area contributed by atoms with Crippen molar-refractivity contribution >= 4 is 11.9 Å². The van der Waals surface area contributed by atoms with Gasteiger partial charge in [0.15, 0.2) is 0 Å². The first-order chi connectivity index (χ1) is 9.69. The molecule has 106 valence electrons. The number of ether oxygens (including phenoxy) is 2. The van der Waals surface area contributed by atoms with Crippen LogP contribution in [-0.2, 0) is 9.47 Å². The quantitative estimate of drug-likeness (QED) is 0.415. The van der Waals surface area contributed by atoms with Crippen LogP contribution in [0.1, 0.15) is 33.6 Å². The molecule has 0 fully saturated rings. The summed E-state index contributed by atoms with van der Waals surface area (Å²) in [5, 5.41) is 0.